The zero-order valence-corrected chi connectivity index (χ0v) is 19.0. The predicted octanol–water partition coefficient (Wildman–Crippen LogP) is 3.73. The Morgan fingerprint density at radius 3 is 2.41 bits per heavy atom. The molecule has 1 saturated carbocycles. The van der Waals surface area contributed by atoms with Crippen LogP contribution in [0, 0.1) is 5.92 Å². The molecule has 32 heavy (non-hydrogen) atoms. The molecule has 2 aromatic carbocycles. The number of hydrogen-bond acceptors (Lipinski definition) is 7. The number of sulfone groups is 1. The second-order valence-electron chi connectivity index (χ2n) is 8.91. The van der Waals surface area contributed by atoms with Gasteiger partial charge in [-0.1, -0.05) is 36.4 Å². The van der Waals surface area contributed by atoms with Gasteiger partial charge >= 0.3 is 5.97 Å². The Labute approximate surface area is 188 Å². The monoisotopic (exact) mass is 460 g/mol. The van der Waals surface area contributed by atoms with Crippen molar-refractivity contribution in [2.75, 3.05) is 12.4 Å². The molecule has 172 valence electrons. The lowest BCUT2D eigenvalue weighted by Crippen LogP contribution is -2.60. The van der Waals surface area contributed by atoms with Crippen LogP contribution in [-0.4, -0.2) is 44.1 Å². The lowest BCUT2D eigenvalue weighted by Gasteiger charge is -2.51. The van der Waals surface area contributed by atoms with E-state index in [0.717, 1.165) is 0 Å². The zero-order chi connectivity index (χ0) is 22.8. The van der Waals surface area contributed by atoms with Crippen LogP contribution in [0.25, 0.3) is 0 Å². The molecule has 4 atom stereocenters. The lowest BCUT2D eigenvalue weighted by molar-refractivity contribution is -0.441. The van der Waals surface area contributed by atoms with Crippen LogP contribution in [-0.2, 0) is 29.1 Å². The number of ether oxygens (including phenoxy) is 2. The van der Waals surface area contributed by atoms with Crippen molar-refractivity contribution in [3.8, 4) is 5.75 Å². The molecular weight excluding hydrogens is 432 g/mol. The van der Waals surface area contributed by atoms with Gasteiger partial charge in [0, 0.05) is 0 Å². The third-order valence-electron chi connectivity index (χ3n) is 6.41. The Morgan fingerprint density at radius 2 is 1.72 bits per heavy atom. The van der Waals surface area contributed by atoms with E-state index in [2.05, 4.69) is 0 Å². The van der Waals surface area contributed by atoms with E-state index in [4.69, 9.17) is 19.2 Å². The van der Waals surface area contributed by atoms with Crippen LogP contribution in [0.2, 0.25) is 0 Å². The zero-order valence-electron chi connectivity index (χ0n) is 18.2. The fraction of sp³-hybridized carbons (Fsp3) is 0.458. The van der Waals surface area contributed by atoms with Gasteiger partial charge in [0.2, 0.25) is 0 Å². The summed E-state index contributed by atoms with van der Waals surface area (Å²) in [5.74, 6) is -0.112. The number of carbonyl (C=O) groups excluding carboxylic acids is 1. The molecule has 1 aliphatic heterocycles. The van der Waals surface area contributed by atoms with Crippen LogP contribution in [0.1, 0.15) is 33.1 Å². The van der Waals surface area contributed by atoms with Crippen LogP contribution in [0.5, 0.6) is 5.75 Å². The maximum atomic E-state index is 12.9. The van der Waals surface area contributed by atoms with E-state index in [0.29, 0.717) is 25.0 Å². The third-order valence-corrected chi connectivity index (χ3v) is 8.36. The number of rotatable bonds is 7. The second-order valence-corrected chi connectivity index (χ2v) is 10.9. The van der Waals surface area contributed by atoms with E-state index in [1.807, 2.05) is 25.1 Å². The summed E-state index contributed by atoms with van der Waals surface area (Å²) in [6.45, 7) is 3.39. The minimum absolute atomic E-state index is 0.0351. The summed E-state index contributed by atoms with van der Waals surface area (Å²) in [5, 5.41) is 0. The summed E-state index contributed by atoms with van der Waals surface area (Å²) in [7, 11) is -3.54. The fourth-order valence-electron chi connectivity index (χ4n) is 4.47. The first-order valence-electron chi connectivity index (χ1n) is 10.7. The molecular formula is C24H28O7S. The van der Waals surface area contributed by atoms with Gasteiger partial charge in [0.25, 0.3) is 0 Å². The Bertz CT molecular complexity index is 1040. The number of hydrogen-bond donors (Lipinski definition) is 0. The summed E-state index contributed by atoms with van der Waals surface area (Å²) in [4.78, 5) is 24.0. The molecule has 0 spiro atoms. The van der Waals surface area contributed by atoms with E-state index in [1.54, 1.807) is 49.4 Å². The maximum Gasteiger partial charge on any atom is 0.344 e. The number of esters is 1. The van der Waals surface area contributed by atoms with Gasteiger partial charge < -0.3 is 9.47 Å². The van der Waals surface area contributed by atoms with Gasteiger partial charge in [-0.05, 0) is 63.3 Å². The average molecular weight is 461 g/mol. The van der Waals surface area contributed by atoms with E-state index in [-0.39, 0.29) is 23.2 Å². The first-order valence-corrected chi connectivity index (χ1v) is 12.4. The molecule has 0 aromatic heterocycles. The van der Waals surface area contributed by atoms with Crippen LogP contribution in [0.15, 0.2) is 65.6 Å². The van der Waals surface area contributed by atoms with Crippen molar-refractivity contribution in [1.82, 2.24) is 0 Å². The summed E-state index contributed by atoms with van der Waals surface area (Å²) in [6, 6.07) is 17.4. The number of fused-ring (bicyclic) bond motifs is 2. The van der Waals surface area contributed by atoms with Crippen LogP contribution in [0.3, 0.4) is 0 Å². The van der Waals surface area contributed by atoms with Gasteiger partial charge in [0.15, 0.2) is 16.4 Å². The predicted molar refractivity (Wildman–Crippen MR) is 117 cm³/mol. The standard InChI is InChI=1S/C24H28O7S/c1-23(29-22(25)16-28-19-9-5-3-6-10-19)14-13-18-15-21(23)30-31-24(18,2)17-32(26,27)20-11-7-4-8-12-20/h3-12,18,21H,13-17H2,1-2H3/t18-,21-,23-,24-/m1/s1. The first kappa shape index (κ1) is 22.8. The second kappa shape index (κ2) is 8.84. The summed E-state index contributed by atoms with van der Waals surface area (Å²) in [5.41, 5.74) is -1.85. The molecule has 0 amide bonds. The van der Waals surface area contributed by atoms with Crippen molar-refractivity contribution in [2.45, 2.75) is 55.3 Å². The minimum atomic E-state index is -3.54. The molecule has 1 saturated heterocycles. The summed E-state index contributed by atoms with van der Waals surface area (Å²) < 4.78 is 37.0. The molecule has 1 aliphatic carbocycles. The highest BCUT2D eigenvalue weighted by Crippen LogP contribution is 2.47. The topological polar surface area (TPSA) is 88.1 Å². The Kier molecular flexibility index (Phi) is 6.29. The lowest BCUT2D eigenvalue weighted by atomic mass is 9.71. The number of carbonyl (C=O) groups is 1. The molecule has 0 N–H and O–H groups in total. The highest BCUT2D eigenvalue weighted by Gasteiger charge is 2.55. The molecule has 1 heterocycles. The molecule has 2 fully saturated rings. The first-order chi connectivity index (χ1) is 15.2. The van der Waals surface area contributed by atoms with Gasteiger partial charge in [-0.2, -0.15) is 0 Å². The average Bonchev–Trinajstić information content (AvgIpc) is 2.78. The molecule has 2 aromatic rings. The normalized spacial score (nSPS) is 29.8. The quantitative estimate of drug-likeness (QED) is 0.459. The molecule has 2 bridgehead atoms. The Morgan fingerprint density at radius 1 is 1.06 bits per heavy atom. The van der Waals surface area contributed by atoms with Crippen LogP contribution in [0.4, 0.5) is 0 Å². The van der Waals surface area contributed by atoms with Gasteiger partial charge in [-0.15, -0.1) is 0 Å². The van der Waals surface area contributed by atoms with Crippen molar-refractivity contribution in [2.24, 2.45) is 5.92 Å². The largest absolute Gasteiger partial charge is 0.482 e. The van der Waals surface area contributed by atoms with E-state index < -0.39 is 33.1 Å². The number of benzene rings is 2. The summed E-state index contributed by atoms with van der Waals surface area (Å²) >= 11 is 0. The molecule has 2 aliphatic rings. The minimum Gasteiger partial charge on any atom is -0.482 e. The summed E-state index contributed by atoms with van der Waals surface area (Å²) in [6.07, 6.45) is 1.27. The van der Waals surface area contributed by atoms with Crippen molar-refractivity contribution in [3.63, 3.8) is 0 Å². The molecule has 7 nitrogen and oxygen atoms in total. The van der Waals surface area contributed by atoms with Crippen molar-refractivity contribution >= 4 is 15.8 Å². The van der Waals surface area contributed by atoms with Crippen LogP contribution >= 0.6 is 0 Å². The SMILES string of the molecule is C[C@]1(CS(=O)(=O)c2ccccc2)OO[C@@H]2C[C@H]1CC[C@@]2(C)OC(=O)COc1ccccc1. The highest BCUT2D eigenvalue weighted by atomic mass is 32.2. The van der Waals surface area contributed by atoms with Gasteiger partial charge in [-0.25, -0.2) is 23.0 Å². The Balaban J connectivity index is 1.37. The molecule has 0 unspecified atom stereocenters. The number of para-hydroxylation sites is 1. The fourth-order valence-corrected chi connectivity index (χ4v) is 6.25. The molecule has 4 rings (SSSR count). The Hall–Kier alpha value is -2.42. The van der Waals surface area contributed by atoms with E-state index in [9.17, 15) is 13.2 Å². The van der Waals surface area contributed by atoms with Gasteiger partial charge in [0.1, 0.15) is 23.1 Å². The van der Waals surface area contributed by atoms with Crippen molar-refractivity contribution in [3.05, 3.63) is 60.7 Å². The van der Waals surface area contributed by atoms with Gasteiger partial charge in [0.05, 0.1) is 10.6 Å². The van der Waals surface area contributed by atoms with Crippen LogP contribution < -0.4 is 4.74 Å². The molecule has 8 heteroatoms. The third kappa shape index (κ3) is 4.82. The van der Waals surface area contributed by atoms with Crippen molar-refractivity contribution in [1.29, 1.82) is 0 Å². The highest BCUT2D eigenvalue weighted by molar-refractivity contribution is 7.91. The van der Waals surface area contributed by atoms with Gasteiger partial charge in [-0.3, -0.25) is 0 Å². The van der Waals surface area contributed by atoms with E-state index >= 15 is 0 Å². The van der Waals surface area contributed by atoms with Crippen molar-refractivity contribution < 1.29 is 32.5 Å². The molecule has 0 radical (unpaired) electrons. The maximum absolute atomic E-state index is 12.9. The van der Waals surface area contributed by atoms with E-state index in [1.165, 1.54) is 0 Å². The smallest absolute Gasteiger partial charge is 0.344 e.